The lowest BCUT2D eigenvalue weighted by atomic mass is 9.98. The van der Waals surface area contributed by atoms with Crippen LogP contribution in [0.2, 0.25) is 0 Å². The Morgan fingerprint density at radius 3 is 2.23 bits per heavy atom. The monoisotopic (exact) mass is 544 g/mol. The molecular formula is C23H18Br2N2O4. The van der Waals surface area contributed by atoms with E-state index in [1.807, 2.05) is 36.4 Å². The van der Waals surface area contributed by atoms with Crippen molar-refractivity contribution in [2.24, 2.45) is 0 Å². The number of fused-ring (bicyclic) bond motifs is 3. The van der Waals surface area contributed by atoms with Crippen LogP contribution in [0.4, 0.5) is 4.79 Å². The quantitative estimate of drug-likeness (QED) is 0.450. The number of carbonyl (C=O) groups excluding carboxylic acids is 1. The molecule has 1 aliphatic carbocycles. The maximum absolute atomic E-state index is 12.8. The van der Waals surface area contributed by atoms with Crippen LogP contribution >= 0.6 is 31.9 Å². The molecule has 0 fully saturated rings. The number of aliphatic carboxylic acids is 1. The highest BCUT2D eigenvalue weighted by Gasteiger charge is 2.34. The van der Waals surface area contributed by atoms with Gasteiger partial charge >= 0.3 is 12.1 Å². The average Bonchev–Trinajstić information content (AvgIpc) is 3.07. The molecule has 1 aliphatic rings. The Morgan fingerprint density at radius 1 is 1.10 bits per heavy atom. The molecule has 0 radical (unpaired) electrons. The van der Waals surface area contributed by atoms with Crippen LogP contribution in [0.1, 0.15) is 28.8 Å². The van der Waals surface area contributed by atoms with Crippen molar-refractivity contribution >= 4 is 43.9 Å². The third kappa shape index (κ3) is 4.09. The summed E-state index contributed by atoms with van der Waals surface area (Å²) in [6.45, 7) is 0.110. The van der Waals surface area contributed by atoms with E-state index in [9.17, 15) is 14.7 Å². The lowest BCUT2D eigenvalue weighted by Gasteiger charge is -2.25. The van der Waals surface area contributed by atoms with Crippen LogP contribution in [0, 0.1) is 0 Å². The first-order valence-corrected chi connectivity index (χ1v) is 11.1. The number of nitrogens with zero attached hydrogens (tertiary/aromatic N) is 2. The molecule has 1 amide bonds. The Balaban J connectivity index is 1.55. The minimum absolute atomic E-state index is 0.106. The fourth-order valence-electron chi connectivity index (χ4n) is 3.89. The van der Waals surface area contributed by atoms with Gasteiger partial charge in [0.25, 0.3) is 0 Å². The number of rotatable bonds is 5. The van der Waals surface area contributed by atoms with E-state index in [4.69, 9.17) is 4.74 Å². The molecular weight excluding hydrogens is 528 g/mol. The molecule has 1 heterocycles. The Kier molecular flexibility index (Phi) is 6.11. The van der Waals surface area contributed by atoms with Gasteiger partial charge in [0.2, 0.25) is 0 Å². The molecule has 1 aromatic heterocycles. The molecule has 4 rings (SSSR count). The molecule has 158 valence electrons. The summed E-state index contributed by atoms with van der Waals surface area (Å²) in [7, 11) is 1.40. The number of pyridine rings is 1. The van der Waals surface area contributed by atoms with E-state index < -0.39 is 18.1 Å². The normalized spacial score (nSPS) is 13.3. The lowest BCUT2D eigenvalue weighted by Crippen LogP contribution is -2.37. The van der Waals surface area contributed by atoms with Crippen LogP contribution in [0.5, 0.6) is 0 Å². The van der Waals surface area contributed by atoms with Crippen LogP contribution in [-0.2, 0) is 9.53 Å². The van der Waals surface area contributed by atoms with Gasteiger partial charge < -0.3 is 9.84 Å². The molecule has 31 heavy (non-hydrogen) atoms. The Bertz CT molecular complexity index is 1120. The molecule has 6 nitrogen and oxygen atoms in total. The first kappa shape index (κ1) is 21.5. The fraction of sp³-hybridized carbons (Fsp3) is 0.174. The maximum Gasteiger partial charge on any atom is 0.410 e. The smallest absolute Gasteiger partial charge is 0.410 e. The van der Waals surface area contributed by atoms with Gasteiger partial charge in [-0.05, 0) is 60.2 Å². The SMILES string of the molecule is CN(C(=O)OCC1c2ccccc2-c2ccccc21)C(C(=O)O)c1ncc(Br)cc1Br. The molecule has 0 saturated carbocycles. The van der Waals surface area contributed by atoms with Crippen molar-refractivity contribution in [3.05, 3.63) is 86.6 Å². The molecule has 0 aliphatic heterocycles. The van der Waals surface area contributed by atoms with Crippen molar-refractivity contribution in [1.29, 1.82) is 0 Å². The van der Waals surface area contributed by atoms with Crippen molar-refractivity contribution in [2.45, 2.75) is 12.0 Å². The highest BCUT2D eigenvalue weighted by atomic mass is 79.9. The van der Waals surface area contributed by atoms with Crippen molar-refractivity contribution in [3.63, 3.8) is 0 Å². The molecule has 2 aromatic carbocycles. The number of carbonyl (C=O) groups is 2. The van der Waals surface area contributed by atoms with Gasteiger partial charge in [0.15, 0.2) is 6.04 Å². The van der Waals surface area contributed by atoms with Gasteiger partial charge in [0.05, 0.1) is 5.69 Å². The first-order chi connectivity index (χ1) is 14.9. The molecule has 1 atom stereocenters. The summed E-state index contributed by atoms with van der Waals surface area (Å²) in [6, 6.07) is 16.4. The number of carboxylic acids is 1. The average molecular weight is 546 g/mol. The van der Waals surface area contributed by atoms with Crippen molar-refractivity contribution in [1.82, 2.24) is 9.88 Å². The zero-order valence-corrected chi connectivity index (χ0v) is 19.6. The standard InChI is InChI=1S/C23H18Br2N2O4/c1-27(21(22(28)29)20-19(25)10-13(24)11-26-20)23(30)31-12-18-16-8-4-2-6-14(16)15-7-3-5-9-17(15)18/h2-11,18,21H,12H2,1H3,(H,28,29). The second-order valence-corrected chi connectivity index (χ2v) is 8.95. The Morgan fingerprint density at radius 2 is 1.68 bits per heavy atom. The van der Waals surface area contributed by atoms with Gasteiger partial charge in [-0.3, -0.25) is 9.88 Å². The number of aromatic nitrogens is 1. The minimum atomic E-state index is -1.29. The maximum atomic E-state index is 12.8. The van der Waals surface area contributed by atoms with Crippen LogP contribution in [-0.4, -0.2) is 40.7 Å². The van der Waals surface area contributed by atoms with Crippen molar-refractivity contribution in [3.8, 4) is 11.1 Å². The minimum Gasteiger partial charge on any atom is -0.479 e. The van der Waals surface area contributed by atoms with Crippen LogP contribution < -0.4 is 0 Å². The summed E-state index contributed by atoms with van der Waals surface area (Å²) in [6.07, 6.45) is 0.757. The van der Waals surface area contributed by atoms with Crippen LogP contribution in [0.15, 0.2) is 69.7 Å². The van der Waals surface area contributed by atoms with E-state index in [0.29, 0.717) is 8.95 Å². The molecule has 0 bridgehead atoms. The zero-order chi connectivity index (χ0) is 22.1. The second-order valence-electron chi connectivity index (χ2n) is 7.18. The number of carboxylic acid groups (broad SMARTS) is 1. The largest absolute Gasteiger partial charge is 0.479 e. The topological polar surface area (TPSA) is 79.7 Å². The van der Waals surface area contributed by atoms with Gasteiger partial charge in [0.1, 0.15) is 6.61 Å². The highest BCUT2D eigenvalue weighted by molar-refractivity contribution is 9.11. The summed E-state index contributed by atoms with van der Waals surface area (Å²) in [4.78, 5) is 30.0. The molecule has 0 saturated heterocycles. The van der Waals surface area contributed by atoms with E-state index in [1.165, 1.54) is 13.2 Å². The van der Waals surface area contributed by atoms with E-state index >= 15 is 0 Å². The molecule has 8 heteroatoms. The molecule has 1 N–H and O–H groups in total. The fourth-order valence-corrected chi connectivity index (χ4v) is 5.10. The summed E-state index contributed by atoms with van der Waals surface area (Å²) in [5.41, 5.74) is 4.64. The number of ether oxygens (including phenoxy) is 1. The number of hydrogen-bond donors (Lipinski definition) is 1. The number of halogens is 2. The highest BCUT2D eigenvalue weighted by Crippen LogP contribution is 2.44. The van der Waals surface area contributed by atoms with Gasteiger partial charge in [-0.2, -0.15) is 0 Å². The molecule has 3 aromatic rings. The van der Waals surface area contributed by atoms with Crippen molar-refractivity contribution < 1.29 is 19.4 Å². The number of benzene rings is 2. The van der Waals surface area contributed by atoms with E-state index in [1.54, 1.807) is 6.07 Å². The zero-order valence-electron chi connectivity index (χ0n) is 16.5. The predicted octanol–water partition coefficient (Wildman–Crippen LogP) is 5.61. The third-order valence-corrected chi connectivity index (χ3v) is 6.41. The predicted molar refractivity (Wildman–Crippen MR) is 123 cm³/mol. The van der Waals surface area contributed by atoms with Gasteiger partial charge in [-0.25, -0.2) is 9.59 Å². The second kappa shape index (κ2) is 8.80. The summed E-state index contributed by atoms with van der Waals surface area (Å²) in [5.74, 6) is -1.31. The van der Waals surface area contributed by atoms with E-state index in [2.05, 4.69) is 49.0 Å². The van der Waals surface area contributed by atoms with Gasteiger partial charge in [-0.15, -0.1) is 0 Å². The lowest BCUT2D eigenvalue weighted by molar-refractivity contribution is -0.142. The van der Waals surface area contributed by atoms with E-state index in [-0.39, 0.29) is 18.2 Å². The Labute approximate surface area is 196 Å². The number of amides is 1. The number of hydrogen-bond acceptors (Lipinski definition) is 4. The van der Waals surface area contributed by atoms with Gasteiger partial charge in [-0.1, -0.05) is 48.5 Å². The summed E-state index contributed by atoms with van der Waals surface area (Å²) in [5, 5.41) is 9.76. The van der Waals surface area contributed by atoms with Crippen LogP contribution in [0.25, 0.3) is 11.1 Å². The first-order valence-electron chi connectivity index (χ1n) is 9.50. The third-order valence-electron chi connectivity index (χ3n) is 5.34. The van der Waals surface area contributed by atoms with Crippen LogP contribution in [0.3, 0.4) is 0 Å². The molecule has 1 unspecified atom stereocenters. The summed E-state index contributed by atoms with van der Waals surface area (Å²) >= 11 is 6.62. The van der Waals surface area contributed by atoms with Gasteiger partial charge in [0, 0.05) is 28.1 Å². The van der Waals surface area contributed by atoms with Crippen molar-refractivity contribution in [2.75, 3.05) is 13.7 Å². The Hall–Kier alpha value is -2.71. The molecule has 0 spiro atoms. The van der Waals surface area contributed by atoms with E-state index in [0.717, 1.165) is 27.2 Å². The summed E-state index contributed by atoms with van der Waals surface area (Å²) < 4.78 is 6.76. The number of likely N-dealkylation sites (N-methyl/N-ethyl adjacent to an activating group) is 1.